The monoisotopic (exact) mass is 249 g/mol. The molecule has 0 saturated carbocycles. The molecular formula is C12H19N5O. The molecule has 0 aromatic carbocycles. The molecule has 1 unspecified atom stereocenters. The lowest BCUT2D eigenvalue weighted by molar-refractivity contribution is 0.192. The molecule has 6 heteroatoms. The Bertz CT molecular complexity index is 508. The van der Waals surface area contributed by atoms with E-state index >= 15 is 0 Å². The van der Waals surface area contributed by atoms with E-state index in [2.05, 4.69) is 20.7 Å². The first-order chi connectivity index (χ1) is 8.66. The molecule has 0 saturated heterocycles. The van der Waals surface area contributed by atoms with Crippen LogP contribution in [0.1, 0.15) is 12.6 Å². The molecule has 0 amide bonds. The van der Waals surface area contributed by atoms with Crippen molar-refractivity contribution in [2.75, 3.05) is 25.0 Å². The third kappa shape index (κ3) is 3.18. The maximum Gasteiger partial charge on any atom is 0.243 e. The topological polar surface area (TPSA) is 74.5 Å². The lowest BCUT2D eigenvalue weighted by Crippen LogP contribution is -2.29. The Morgan fingerprint density at radius 1 is 1.39 bits per heavy atom. The Morgan fingerprint density at radius 3 is 2.94 bits per heavy atom. The summed E-state index contributed by atoms with van der Waals surface area (Å²) in [5, 5.41) is 19.7. The van der Waals surface area contributed by atoms with E-state index in [1.54, 1.807) is 6.92 Å². The largest absolute Gasteiger partial charge is 0.392 e. The van der Waals surface area contributed by atoms with E-state index in [0.717, 1.165) is 24.4 Å². The second-order valence-corrected chi connectivity index (χ2v) is 4.35. The summed E-state index contributed by atoms with van der Waals surface area (Å²) < 4.78 is 1.81. The van der Waals surface area contributed by atoms with Gasteiger partial charge in [0.1, 0.15) is 0 Å². The fourth-order valence-corrected chi connectivity index (χ4v) is 1.68. The quantitative estimate of drug-likeness (QED) is 0.647. The number of aliphatic hydroxyl groups excluding tert-OH is 1. The van der Waals surface area contributed by atoms with E-state index in [9.17, 15) is 0 Å². The van der Waals surface area contributed by atoms with E-state index in [4.69, 9.17) is 5.11 Å². The highest BCUT2D eigenvalue weighted by molar-refractivity contribution is 5.44. The second kappa shape index (κ2) is 5.79. The average molecular weight is 249 g/mol. The normalized spacial score (nSPS) is 12.8. The van der Waals surface area contributed by atoms with Crippen LogP contribution < -0.4 is 10.6 Å². The molecule has 2 heterocycles. The van der Waals surface area contributed by atoms with Gasteiger partial charge in [-0.15, -0.1) is 5.10 Å². The third-order valence-corrected chi connectivity index (χ3v) is 2.57. The van der Waals surface area contributed by atoms with Gasteiger partial charge in [-0.3, -0.25) is 0 Å². The zero-order valence-corrected chi connectivity index (χ0v) is 10.7. The minimum absolute atomic E-state index is 0.319. The van der Waals surface area contributed by atoms with E-state index in [-0.39, 0.29) is 6.10 Å². The van der Waals surface area contributed by atoms with E-state index in [1.807, 2.05) is 29.6 Å². The van der Waals surface area contributed by atoms with Crippen LogP contribution in [0.25, 0.3) is 5.65 Å². The number of pyridine rings is 1. The molecule has 2 rings (SSSR count). The van der Waals surface area contributed by atoms with Crippen LogP contribution in [0.4, 0.5) is 5.95 Å². The van der Waals surface area contributed by atoms with E-state index in [1.165, 1.54) is 0 Å². The number of aryl methyl sites for hydroxylation is 1. The van der Waals surface area contributed by atoms with Crippen molar-refractivity contribution >= 4 is 11.6 Å². The molecule has 6 nitrogen and oxygen atoms in total. The summed E-state index contributed by atoms with van der Waals surface area (Å²) in [6, 6.07) is 5.89. The number of hydrogen-bond acceptors (Lipinski definition) is 5. The number of nitrogens with one attached hydrogen (secondary N) is 2. The van der Waals surface area contributed by atoms with Gasteiger partial charge >= 0.3 is 0 Å². The van der Waals surface area contributed by atoms with Crippen LogP contribution in [0, 0.1) is 6.92 Å². The maximum absolute atomic E-state index is 9.08. The molecule has 0 aliphatic heterocycles. The van der Waals surface area contributed by atoms with Gasteiger partial charge in [-0.2, -0.15) is 4.98 Å². The first-order valence-corrected chi connectivity index (χ1v) is 6.12. The smallest absolute Gasteiger partial charge is 0.243 e. The van der Waals surface area contributed by atoms with Crippen LogP contribution in [0.15, 0.2) is 18.2 Å². The molecule has 0 fully saturated rings. The highest BCUT2D eigenvalue weighted by Gasteiger charge is 2.03. The van der Waals surface area contributed by atoms with Crippen molar-refractivity contribution in [3.8, 4) is 0 Å². The highest BCUT2D eigenvalue weighted by atomic mass is 16.3. The summed E-state index contributed by atoms with van der Waals surface area (Å²) in [6.07, 6.45) is -0.319. The van der Waals surface area contributed by atoms with Crippen molar-refractivity contribution < 1.29 is 5.11 Å². The Hall–Kier alpha value is -1.66. The number of rotatable bonds is 6. The summed E-state index contributed by atoms with van der Waals surface area (Å²) in [7, 11) is 0. The molecule has 2 aromatic rings. The summed E-state index contributed by atoms with van der Waals surface area (Å²) in [6.45, 7) is 5.84. The zero-order chi connectivity index (χ0) is 13.0. The van der Waals surface area contributed by atoms with Crippen molar-refractivity contribution in [1.29, 1.82) is 0 Å². The number of nitrogens with zero attached hydrogens (tertiary/aromatic N) is 3. The molecule has 0 spiro atoms. The molecule has 0 aliphatic rings. The number of hydrogen-bond donors (Lipinski definition) is 3. The molecule has 0 bridgehead atoms. The molecule has 2 aromatic heterocycles. The second-order valence-electron chi connectivity index (χ2n) is 4.35. The fraction of sp³-hybridized carbons (Fsp3) is 0.500. The summed E-state index contributed by atoms with van der Waals surface area (Å²) in [4.78, 5) is 4.37. The summed E-state index contributed by atoms with van der Waals surface area (Å²) in [5.74, 6) is 0.628. The van der Waals surface area contributed by atoms with Crippen LogP contribution in [0.3, 0.4) is 0 Å². The van der Waals surface area contributed by atoms with Crippen molar-refractivity contribution in [1.82, 2.24) is 19.9 Å². The maximum atomic E-state index is 9.08. The van der Waals surface area contributed by atoms with Crippen molar-refractivity contribution in [3.05, 3.63) is 23.9 Å². The van der Waals surface area contributed by atoms with Gasteiger partial charge in [0.15, 0.2) is 5.65 Å². The first-order valence-electron chi connectivity index (χ1n) is 6.12. The predicted molar refractivity (Wildman–Crippen MR) is 70.8 cm³/mol. The third-order valence-electron chi connectivity index (χ3n) is 2.57. The van der Waals surface area contributed by atoms with Gasteiger partial charge in [0.2, 0.25) is 5.95 Å². The Kier molecular flexibility index (Phi) is 4.11. The lowest BCUT2D eigenvalue weighted by atomic mass is 10.4. The standard InChI is InChI=1S/C12H19N5O/c1-9-4-3-5-11-15-12(16-17(9)11)14-7-6-13-8-10(2)18/h3-5,10,13,18H,6-8H2,1-2H3,(H,14,16). The Labute approximate surface area is 106 Å². The van der Waals surface area contributed by atoms with Gasteiger partial charge in [-0.1, -0.05) is 6.07 Å². The van der Waals surface area contributed by atoms with Gasteiger partial charge in [0.25, 0.3) is 0 Å². The SMILES string of the molecule is Cc1cccc2nc(NCCNCC(C)O)nn12. The van der Waals surface area contributed by atoms with Crippen LogP contribution in [0.2, 0.25) is 0 Å². The van der Waals surface area contributed by atoms with Gasteiger partial charge < -0.3 is 15.7 Å². The minimum atomic E-state index is -0.319. The summed E-state index contributed by atoms with van der Waals surface area (Å²) >= 11 is 0. The van der Waals surface area contributed by atoms with Crippen LogP contribution in [-0.4, -0.2) is 45.4 Å². The van der Waals surface area contributed by atoms with Crippen LogP contribution in [0.5, 0.6) is 0 Å². The van der Waals surface area contributed by atoms with E-state index < -0.39 is 0 Å². The van der Waals surface area contributed by atoms with Crippen molar-refractivity contribution in [2.45, 2.75) is 20.0 Å². The zero-order valence-electron chi connectivity index (χ0n) is 10.7. The number of fused-ring (bicyclic) bond motifs is 1. The van der Waals surface area contributed by atoms with Gasteiger partial charge in [-0.05, 0) is 26.0 Å². The molecule has 3 N–H and O–H groups in total. The highest BCUT2D eigenvalue weighted by Crippen LogP contribution is 2.07. The Morgan fingerprint density at radius 2 is 2.22 bits per heavy atom. The number of aliphatic hydroxyl groups is 1. The Balaban J connectivity index is 1.87. The first kappa shape index (κ1) is 12.8. The van der Waals surface area contributed by atoms with E-state index in [0.29, 0.717) is 12.5 Å². The van der Waals surface area contributed by atoms with Gasteiger partial charge in [0.05, 0.1) is 6.10 Å². The molecule has 1 atom stereocenters. The van der Waals surface area contributed by atoms with Gasteiger partial charge in [-0.25, -0.2) is 4.52 Å². The molecule has 18 heavy (non-hydrogen) atoms. The number of anilines is 1. The van der Waals surface area contributed by atoms with Gasteiger partial charge in [0, 0.05) is 25.3 Å². The van der Waals surface area contributed by atoms with Crippen LogP contribution >= 0.6 is 0 Å². The minimum Gasteiger partial charge on any atom is -0.392 e. The lowest BCUT2D eigenvalue weighted by Gasteiger charge is -2.06. The fourth-order valence-electron chi connectivity index (χ4n) is 1.68. The average Bonchev–Trinajstić information content (AvgIpc) is 2.72. The summed E-state index contributed by atoms with van der Waals surface area (Å²) in [5.41, 5.74) is 1.90. The molecule has 0 radical (unpaired) electrons. The predicted octanol–water partition coefficient (Wildman–Crippen LogP) is 0.420. The number of aromatic nitrogens is 3. The van der Waals surface area contributed by atoms with Crippen molar-refractivity contribution in [3.63, 3.8) is 0 Å². The molecule has 0 aliphatic carbocycles. The molecular weight excluding hydrogens is 230 g/mol. The van der Waals surface area contributed by atoms with Crippen LogP contribution in [-0.2, 0) is 0 Å². The molecule has 98 valence electrons. The van der Waals surface area contributed by atoms with Crippen molar-refractivity contribution in [2.24, 2.45) is 0 Å².